The summed E-state index contributed by atoms with van der Waals surface area (Å²) < 4.78 is 12.5. The van der Waals surface area contributed by atoms with Crippen molar-refractivity contribution in [2.45, 2.75) is 13.8 Å². The molecule has 0 saturated heterocycles. The molecule has 0 aromatic carbocycles. The lowest BCUT2D eigenvalue weighted by atomic mass is 10.0. The van der Waals surface area contributed by atoms with Gasteiger partial charge in [-0.3, -0.25) is 0 Å². The van der Waals surface area contributed by atoms with E-state index in [0.717, 1.165) is 5.57 Å². The van der Waals surface area contributed by atoms with Crippen LogP contribution in [0.1, 0.15) is 13.8 Å². The Balaban J connectivity index is 2.87. The third-order valence-electron chi connectivity index (χ3n) is 1.59. The van der Waals surface area contributed by atoms with Gasteiger partial charge >= 0.3 is 0 Å². The molecule has 0 radical (unpaired) electrons. The van der Waals surface area contributed by atoms with Crippen molar-refractivity contribution in [3.05, 3.63) is 41.4 Å². The van der Waals surface area contributed by atoms with Crippen LogP contribution in [0.25, 0.3) is 0 Å². The van der Waals surface area contributed by atoms with Crippen LogP contribution in [0.15, 0.2) is 41.4 Å². The van der Waals surface area contributed by atoms with E-state index in [2.05, 4.69) is 19.6 Å². The van der Waals surface area contributed by atoms with Gasteiger partial charge in [-0.2, -0.15) is 4.39 Å². The fourth-order valence-corrected chi connectivity index (χ4v) is 0.875. The minimum atomic E-state index is -0.308. The average Bonchev–Trinajstić information content (AvgIpc) is 2.13. The summed E-state index contributed by atoms with van der Waals surface area (Å²) in [4.78, 5) is 0. The minimum Gasteiger partial charge on any atom is -0.198 e. The van der Waals surface area contributed by atoms with Crippen LogP contribution < -0.4 is 0 Å². The largest absolute Gasteiger partial charge is 0.198 e. The standard InChI is InChI=1S/C10H11F/c1-8(2)9-4-3-5-10(11)7-6-9/h3-4,6-8H,1-2H3. The molecule has 1 aliphatic rings. The minimum absolute atomic E-state index is 0.308. The maximum absolute atomic E-state index is 12.5. The van der Waals surface area contributed by atoms with Gasteiger partial charge in [-0.25, -0.2) is 0 Å². The molecule has 1 rings (SSSR count). The quantitative estimate of drug-likeness (QED) is 0.504. The lowest BCUT2D eigenvalue weighted by molar-refractivity contribution is 0.669. The molecule has 0 aromatic heterocycles. The molecule has 0 fully saturated rings. The zero-order valence-corrected chi connectivity index (χ0v) is 6.76. The van der Waals surface area contributed by atoms with Crippen molar-refractivity contribution < 1.29 is 4.39 Å². The zero-order chi connectivity index (χ0) is 8.27. The van der Waals surface area contributed by atoms with E-state index in [-0.39, 0.29) is 5.83 Å². The maximum atomic E-state index is 12.5. The van der Waals surface area contributed by atoms with Gasteiger partial charge in [-0.05, 0) is 23.6 Å². The van der Waals surface area contributed by atoms with E-state index in [0.29, 0.717) is 5.92 Å². The Morgan fingerprint density at radius 1 is 1.36 bits per heavy atom. The molecular formula is C10H11F. The summed E-state index contributed by atoms with van der Waals surface area (Å²) in [6.07, 6.45) is 6.73. The van der Waals surface area contributed by atoms with Crippen molar-refractivity contribution in [1.29, 1.82) is 0 Å². The second-order valence-electron chi connectivity index (χ2n) is 2.81. The van der Waals surface area contributed by atoms with Gasteiger partial charge in [-0.15, -0.1) is 0 Å². The highest BCUT2D eigenvalue weighted by atomic mass is 19.1. The fraction of sp³-hybridized carbons (Fsp3) is 0.300. The van der Waals surface area contributed by atoms with Crippen LogP contribution in [0.4, 0.5) is 4.39 Å². The van der Waals surface area contributed by atoms with E-state index in [1.807, 2.05) is 6.08 Å². The maximum Gasteiger partial charge on any atom is 0.165 e. The van der Waals surface area contributed by atoms with Gasteiger partial charge in [0.05, 0.1) is 0 Å². The molecule has 0 heterocycles. The molecule has 0 amide bonds. The summed E-state index contributed by atoms with van der Waals surface area (Å²) in [6.45, 7) is 4.15. The van der Waals surface area contributed by atoms with E-state index in [1.54, 1.807) is 12.2 Å². The van der Waals surface area contributed by atoms with E-state index >= 15 is 0 Å². The summed E-state index contributed by atoms with van der Waals surface area (Å²) in [5, 5.41) is 0. The first-order valence-corrected chi connectivity index (χ1v) is 3.70. The highest BCUT2D eigenvalue weighted by Gasteiger charge is 1.99. The highest BCUT2D eigenvalue weighted by molar-refractivity contribution is 5.32. The Morgan fingerprint density at radius 2 is 2.09 bits per heavy atom. The molecule has 1 heteroatoms. The first kappa shape index (κ1) is 8.03. The number of rotatable bonds is 1. The normalized spacial score (nSPS) is 16.4. The summed E-state index contributed by atoms with van der Waals surface area (Å²) in [7, 11) is 0. The molecule has 0 saturated carbocycles. The Hall–Kier alpha value is -1.07. The van der Waals surface area contributed by atoms with Crippen molar-refractivity contribution in [3.8, 4) is 0 Å². The van der Waals surface area contributed by atoms with Gasteiger partial charge in [0, 0.05) is 0 Å². The molecule has 0 atom stereocenters. The van der Waals surface area contributed by atoms with Crippen LogP contribution in [0.2, 0.25) is 0 Å². The third kappa shape index (κ3) is 2.21. The summed E-state index contributed by atoms with van der Waals surface area (Å²) >= 11 is 0. The smallest absolute Gasteiger partial charge is 0.165 e. The molecule has 0 bridgehead atoms. The molecular weight excluding hydrogens is 139 g/mol. The summed E-state index contributed by atoms with van der Waals surface area (Å²) in [6, 6.07) is 0. The second-order valence-corrected chi connectivity index (χ2v) is 2.81. The van der Waals surface area contributed by atoms with Crippen LogP contribution in [0.3, 0.4) is 0 Å². The van der Waals surface area contributed by atoms with Crippen molar-refractivity contribution in [2.24, 2.45) is 5.92 Å². The first-order chi connectivity index (χ1) is 5.20. The Morgan fingerprint density at radius 3 is 2.73 bits per heavy atom. The molecule has 1 aliphatic carbocycles. The van der Waals surface area contributed by atoms with Gasteiger partial charge in [-0.1, -0.05) is 31.7 Å². The van der Waals surface area contributed by atoms with Gasteiger partial charge in [0.1, 0.15) is 0 Å². The van der Waals surface area contributed by atoms with Crippen LogP contribution in [-0.2, 0) is 0 Å². The van der Waals surface area contributed by atoms with E-state index < -0.39 is 0 Å². The lowest BCUT2D eigenvalue weighted by Crippen LogP contribution is -1.88. The van der Waals surface area contributed by atoms with Crippen molar-refractivity contribution in [1.82, 2.24) is 0 Å². The SMILES string of the molecule is CC(C)C1=CC=C=C(F)C=C1. The Bertz CT molecular complexity index is 261. The molecule has 0 N–H and O–H groups in total. The highest BCUT2D eigenvalue weighted by Crippen LogP contribution is 2.14. The predicted molar refractivity (Wildman–Crippen MR) is 44.8 cm³/mol. The number of halogens is 1. The monoisotopic (exact) mass is 150 g/mol. The number of hydrogen-bond acceptors (Lipinski definition) is 0. The van der Waals surface area contributed by atoms with Crippen LogP contribution >= 0.6 is 0 Å². The van der Waals surface area contributed by atoms with E-state index in [4.69, 9.17) is 0 Å². The molecule has 58 valence electrons. The third-order valence-corrected chi connectivity index (χ3v) is 1.59. The number of hydrogen-bond donors (Lipinski definition) is 0. The van der Waals surface area contributed by atoms with Crippen LogP contribution in [0.5, 0.6) is 0 Å². The average molecular weight is 150 g/mol. The molecule has 0 aromatic rings. The predicted octanol–water partition coefficient (Wildman–Crippen LogP) is 3.15. The van der Waals surface area contributed by atoms with E-state index in [9.17, 15) is 4.39 Å². The molecule has 0 aliphatic heterocycles. The van der Waals surface area contributed by atoms with Gasteiger partial charge in [0.25, 0.3) is 0 Å². The van der Waals surface area contributed by atoms with Gasteiger partial charge in [0.15, 0.2) is 5.83 Å². The topological polar surface area (TPSA) is 0 Å². The zero-order valence-electron chi connectivity index (χ0n) is 6.76. The molecule has 11 heavy (non-hydrogen) atoms. The Labute approximate surface area is 66.4 Å². The number of allylic oxidation sites excluding steroid dienone is 5. The van der Waals surface area contributed by atoms with Crippen LogP contribution in [0, 0.1) is 5.92 Å². The van der Waals surface area contributed by atoms with Crippen molar-refractivity contribution >= 4 is 0 Å². The molecule has 0 unspecified atom stereocenters. The lowest BCUT2D eigenvalue weighted by Gasteiger charge is -2.02. The van der Waals surface area contributed by atoms with Gasteiger partial charge < -0.3 is 0 Å². The summed E-state index contributed by atoms with van der Waals surface area (Å²) in [5.41, 5.74) is 3.62. The van der Waals surface area contributed by atoms with Gasteiger partial charge in [0.2, 0.25) is 0 Å². The fourth-order valence-electron chi connectivity index (χ4n) is 0.875. The van der Waals surface area contributed by atoms with Crippen molar-refractivity contribution in [3.63, 3.8) is 0 Å². The molecule has 0 spiro atoms. The molecule has 0 nitrogen and oxygen atoms in total. The first-order valence-electron chi connectivity index (χ1n) is 3.70. The Kier molecular flexibility index (Phi) is 2.45. The summed E-state index contributed by atoms with van der Waals surface area (Å²) in [5.74, 6) is 0.132. The van der Waals surface area contributed by atoms with E-state index in [1.165, 1.54) is 6.08 Å². The second kappa shape index (κ2) is 3.36. The van der Waals surface area contributed by atoms with Crippen molar-refractivity contribution in [2.75, 3.05) is 0 Å². The van der Waals surface area contributed by atoms with Crippen LogP contribution in [-0.4, -0.2) is 0 Å².